The van der Waals surface area contributed by atoms with Crippen molar-refractivity contribution in [2.75, 3.05) is 44.3 Å². The highest BCUT2D eigenvalue weighted by Crippen LogP contribution is 2.38. The van der Waals surface area contributed by atoms with Crippen LogP contribution in [-0.2, 0) is 15.1 Å². The summed E-state index contributed by atoms with van der Waals surface area (Å²) >= 11 is 0. The lowest BCUT2D eigenvalue weighted by Crippen LogP contribution is -2.61. The lowest BCUT2D eigenvalue weighted by molar-refractivity contribution is -0.259. The van der Waals surface area contributed by atoms with Crippen LogP contribution in [0.15, 0.2) is 12.4 Å². The summed E-state index contributed by atoms with van der Waals surface area (Å²) in [6, 6.07) is 0.418. The molecule has 196 valence electrons. The van der Waals surface area contributed by atoms with E-state index in [9.17, 15) is 23.1 Å². The van der Waals surface area contributed by atoms with Gasteiger partial charge in [-0.1, -0.05) is 0 Å². The summed E-state index contributed by atoms with van der Waals surface area (Å²) in [5, 5.41) is 9.95. The minimum absolute atomic E-state index is 0.188. The third-order valence-electron chi connectivity index (χ3n) is 6.96. The number of fused-ring (bicyclic) bond motifs is 2. The van der Waals surface area contributed by atoms with Crippen LogP contribution in [0, 0.1) is 0 Å². The minimum atomic E-state index is -4.85. The number of ether oxygens (including phenoxy) is 2. The minimum Gasteiger partial charge on any atom is -0.444 e. The Morgan fingerprint density at radius 3 is 2.26 bits per heavy atom. The number of alkyl halides is 3. The number of hydrogen-bond donors (Lipinski definition) is 1. The molecule has 3 aliphatic heterocycles. The lowest BCUT2D eigenvalue weighted by atomic mass is 9.99. The number of morpholine rings is 1. The number of hydrogen-bond acceptors (Lipinski definition) is 8. The summed E-state index contributed by atoms with van der Waals surface area (Å²) < 4.78 is 51.0. The van der Waals surface area contributed by atoms with Gasteiger partial charge in [0.05, 0.1) is 19.3 Å². The maximum atomic E-state index is 13.2. The second kappa shape index (κ2) is 9.36. The van der Waals surface area contributed by atoms with Crippen molar-refractivity contribution < 1.29 is 32.5 Å². The topological polar surface area (TPSA) is 91.3 Å². The number of aliphatic hydroxyl groups is 1. The van der Waals surface area contributed by atoms with Crippen LogP contribution in [0.3, 0.4) is 0 Å². The SMILES string of the molecule is CC(C)(C)OC(=O)N1CCN(c2ncc(C(C)(O)C(F)(F)F)cn2)[C@@H](CN2C3CCC2COC3)C1. The first-order chi connectivity index (χ1) is 16.3. The molecule has 0 aromatic carbocycles. The molecule has 3 aliphatic rings. The molecule has 3 fully saturated rings. The lowest BCUT2D eigenvalue weighted by Gasteiger charge is -2.45. The van der Waals surface area contributed by atoms with Crippen molar-refractivity contribution in [3.8, 4) is 0 Å². The van der Waals surface area contributed by atoms with E-state index < -0.39 is 29.0 Å². The molecule has 0 radical (unpaired) electrons. The predicted molar refractivity (Wildman–Crippen MR) is 121 cm³/mol. The molecule has 9 nitrogen and oxygen atoms in total. The van der Waals surface area contributed by atoms with Crippen LogP contribution >= 0.6 is 0 Å². The fraction of sp³-hybridized carbons (Fsp3) is 0.783. The molecule has 0 spiro atoms. The zero-order chi connectivity index (χ0) is 25.6. The number of anilines is 1. The van der Waals surface area contributed by atoms with Gasteiger partial charge in [0.1, 0.15) is 5.60 Å². The van der Waals surface area contributed by atoms with Crippen LogP contribution in [0.4, 0.5) is 23.9 Å². The summed E-state index contributed by atoms with van der Waals surface area (Å²) in [5.74, 6) is 0.265. The van der Waals surface area contributed by atoms with Crippen LogP contribution in [-0.4, -0.2) is 100 Å². The van der Waals surface area contributed by atoms with E-state index in [1.165, 1.54) is 0 Å². The molecular weight excluding hydrogens is 467 g/mol. The van der Waals surface area contributed by atoms with Crippen molar-refractivity contribution in [1.29, 1.82) is 0 Å². The first-order valence-electron chi connectivity index (χ1n) is 12.0. The Kier molecular flexibility index (Phi) is 6.93. The van der Waals surface area contributed by atoms with Crippen LogP contribution in [0.2, 0.25) is 0 Å². The van der Waals surface area contributed by atoms with Gasteiger partial charge in [0, 0.05) is 56.2 Å². The fourth-order valence-electron chi connectivity index (χ4n) is 4.91. The van der Waals surface area contributed by atoms with Crippen LogP contribution in [0.25, 0.3) is 0 Å². The predicted octanol–water partition coefficient (Wildman–Crippen LogP) is 2.54. The number of amides is 1. The highest BCUT2D eigenvalue weighted by molar-refractivity contribution is 5.68. The number of nitrogens with zero attached hydrogens (tertiary/aromatic N) is 5. The Labute approximate surface area is 203 Å². The second-order valence-electron chi connectivity index (χ2n) is 10.7. The van der Waals surface area contributed by atoms with E-state index in [-0.39, 0.29) is 12.0 Å². The maximum absolute atomic E-state index is 13.2. The Morgan fingerprint density at radius 2 is 1.71 bits per heavy atom. The van der Waals surface area contributed by atoms with Gasteiger partial charge in [0.25, 0.3) is 0 Å². The second-order valence-corrected chi connectivity index (χ2v) is 10.7. The molecule has 1 N–H and O–H groups in total. The van der Waals surface area contributed by atoms with Crippen molar-refractivity contribution in [1.82, 2.24) is 19.8 Å². The van der Waals surface area contributed by atoms with Gasteiger partial charge >= 0.3 is 12.3 Å². The summed E-state index contributed by atoms with van der Waals surface area (Å²) in [4.78, 5) is 27.1. The van der Waals surface area contributed by atoms with Gasteiger partial charge in [0.15, 0.2) is 5.60 Å². The molecule has 4 atom stereocenters. The van der Waals surface area contributed by atoms with E-state index in [1.807, 2.05) is 25.7 Å². The van der Waals surface area contributed by atoms with Crippen LogP contribution < -0.4 is 4.90 Å². The Balaban J connectivity index is 1.55. The Morgan fingerprint density at radius 1 is 1.11 bits per heavy atom. The number of halogens is 3. The normalized spacial score (nSPS) is 27.6. The number of carbonyl (C=O) groups excluding carboxylic acids is 1. The number of piperazine rings is 1. The van der Waals surface area contributed by atoms with Crippen LogP contribution in [0.1, 0.15) is 46.1 Å². The number of aromatic nitrogens is 2. The summed E-state index contributed by atoms with van der Waals surface area (Å²) in [6.07, 6.45) is -1.12. The van der Waals surface area contributed by atoms with Crippen LogP contribution in [0.5, 0.6) is 0 Å². The van der Waals surface area contributed by atoms with Crippen molar-refractivity contribution in [2.45, 2.75) is 76.0 Å². The molecular formula is C23H34F3N5O4. The summed E-state index contributed by atoms with van der Waals surface area (Å²) in [6.45, 7) is 9.24. The molecule has 4 rings (SSSR count). The average Bonchev–Trinajstić information content (AvgIpc) is 2.97. The molecule has 2 bridgehead atoms. The highest BCUT2D eigenvalue weighted by Gasteiger charge is 2.51. The van der Waals surface area contributed by atoms with Gasteiger partial charge in [-0.2, -0.15) is 13.2 Å². The molecule has 3 saturated heterocycles. The monoisotopic (exact) mass is 501 g/mol. The Hall–Kier alpha value is -2.18. The van der Waals surface area contributed by atoms with Gasteiger partial charge in [-0.25, -0.2) is 14.8 Å². The van der Waals surface area contributed by atoms with E-state index in [0.717, 1.165) is 25.2 Å². The molecule has 1 aromatic rings. The molecule has 4 heterocycles. The van der Waals surface area contributed by atoms with Crippen molar-refractivity contribution >= 4 is 12.0 Å². The van der Waals surface area contributed by atoms with E-state index in [4.69, 9.17) is 9.47 Å². The van der Waals surface area contributed by atoms with Gasteiger partial charge in [0.2, 0.25) is 5.95 Å². The highest BCUT2D eigenvalue weighted by atomic mass is 19.4. The average molecular weight is 502 g/mol. The van der Waals surface area contributed by atoms with E-state index >= 15 is 0 Å². The molecule has 1 aromatic heterocycles. The molecule has 0 aliphatic carbocycles. The van der Waals surface area contributed by atoms with E-state index in [2.05, 4.69) is 14.9 Å². The van der Waals surface area contributed by atoms with E-state index in [1.54, 1.807) is 4.90 Å². The molecule has 1 amide bonds. The number of carbonyl (C=O) groups is 1. The zero-order valence-corrected chi connectivity index (χ0v) is 20.6. The fourth-order valence-corrected chi connectivity index (χ4v) is 4.91. The maximum Gasteiger partial charge on any atom is 0.421 e. The molecule has 3 unspecified atom stereocenters. The first-order valence-corrected chi connectivity index (χ1v) is 12.0. The third-order valence-corrected chi connectivity index (χ3v) is 6.96. The largest absolute Gasteiger partial charge is 0.444 e. The van der Waals surface area contributed by atoms with Gasteiger partial charge in [-0.3, -0.25) is 4.90 Å². The van der Waals surface area contributed by atoms with Crippen molar-refractivity contribution in [3.05, 3.63) is 18.0 Å². The molecule has 0 saturated carbocycles. The number of rotatable bonds is 4. The smallest absolute Gasteiger partial charge is 0.421 e. The zero-order valence-electron chi connectivity index (χ0n) is 20.6. The summed E-state index contributed by atoms with van der Waals surface area (Å²) in [5.41, 5.74) is -4.10. The Bertz CT molecular complexity index is 890. The van der Waals surface area contributed by atoms with Gasteiger partial charge in [-0.15, -0.1) is 0 Å². The summed E-state index contributed by atoms with van der Waals surface area (Å²) in [7, 11) is 0. The quantitative estimate of drug-likeness (QED) is 0.673. The molecule has 35 heavy (non-hydrogen) atoms. The van der Waals surface area contributed by atoms with Gasteiger partial charge < -0.3 is 24.4 Å². The van der Waals surface area contributed by atoms with Crippen molar-refractivity contribution in [3.63, 3.8) is 0 Å². The standard InChI is InChI=1S/C23H34F3N5O4/c1-21(2,3)35-20(32)29-7-8-30(18(11-29)12-31-16-5-6-17(31)14-34-13-16)19-27-9-15(10-28-19)22(4,33)23(24,25)26/h9-10,16-18,33H,5-8,11-14H2,1-4H3/t16?,17?,18-,22?/m1/s1. The van der Waals surface area contributed by atoms with E-state index in [0.29, 0.717) is 58.4 Å². The third kappa shape index (κ3) is 5.49. The first kappa shape index (κ1) is 25.9. The van der Waals surface area contributed by atoms with Gasteiger partial charge in [-0.05, 0) is 40.5 Å². The van der Waals surface area contributed by atoms with Crippen molar-refractivity contribution in [2.24, 2.45) is 0 Å². The molecule has 12 heteroatoms.